The molecule has 1 atom stereocenters. The lowest BCUT2D eigenvalue weighted by Crippen LogP contribution is -2.22. The number of esters is 1. The zero-order valence-corrected chi connectivity index (χ0v) is 16.5. The molecule has 2 aromatic carbocycles. The van der Waals surface area contributed by atoms with Crippen LogP contribution in [-0.2, 0) is 4.79 Å². The third-order valence-corrected chi connectivity index (χ3v) is 5.23. The van der Waals surface area contributed by atoms with E-state index in [0.29, 0.717) is 28.4 Å². The Bertz CT molecular complexity index is 1140. The highest BCUT2D eigenvalue weighted by molar-refractivity contribution is 5.93. The van der Waals surface area contributed by atoms with Crippen molar-refractivity contribution in [2.45, 2.75) is 32.6 Å². The van der Waals surface area contributed by atoms with Gasteiger partial charge in [-0.15, -0.1) is 0 Å². The molecule has 2 heterocycles. The minimum atomic E-state index is -0.348. The zero-order valence-electron chi connectivity index (χ0n) is 16.5. The van der Waals surface area contributed by atoms with Crippen LogP contribution in [0.15, 0.2) is 45.8 Å². The van der Waals surface area contributed by atoms with Gasteiger partial charge in [0.1, 0.15) is 34.5 Å². The van der Waals surface area contributed by atoms with E-state index in [-0.39, 0.29) is 46.2 Å². The molecule has 6 nitrogen and oxygen atoms in total. The highest BCUT2D eigenvalue weighted by Crippen LogP contribution is 2.45. The van der Waals surface area contributed by atoms with Crippen molar-refractivity contribution in [3.8, 4) is 28.4 Å². The third-order valence-electron chi connectivity index (χ3n) is 5.23. The molecule has 6 heteroatoms. The number of rotatable bonds is 4. The summed E-state index contributed by atoms with van der Waals surface area (Å²) in [5.41, 5.74) is 1.61. The summed E-state index contributed by atoms with van der Waals surface area (Å²) in [6, 6.07) is 8.37. The Kier molecular flexibility index (Phi) is 4.78. The fourth-order valence-corrected chi connectivity index (χ4v) is 3.96. The van der Waals surface area contributed by atoms with Crippen molar-refractivity contribution in [3.63, 3.8) is 0 Å². The van der Waals surface area contributed by atoms with Gasteiger partial charge in [0.05, 0.1) is 19.1 Å². The highest BCUT2D eigenvalue weighted by atomic mass is 16.5. The average molecular weight is 394 g/mol. The van der Waals surface area contributed by atoms with Crippen molar-refractivity contribution in [2.75, 3.05) is 7.11 Å². The number of carbonyl (C=O) groups is 1. The van der Waals surface area contributed by atoms with Crippen LogP contribution in [0.1, 0.15) is 38.2 Å². The topological polar surface area (TPSA) is 86.0 Å². The molecule has 150 valence electrons. The Morgan fingerprint density at radius 2 is 1.93 bits per heavy atom. The molecule has 0 amide bonds. The molecule has 0 saturated carbocycles. The fourth-order valence-electron chi connectivity index (χ4n) is 3.96. The third kappa shape index (κ3) is 3.35. The number of ether oxygens (including phenoxy) is 2. The number of methoxy groups -OCH3 is 1. The molecule has 0 fully saturated rings. The van der Waals surface area contributed by atoms with Crippen LogP contribution < -0.4 is 14.9 Å². The summed E-state index contributed by atoms with van der Waals surface area (Å²) < 4.78 is 16.4. The molecule has 4 rings (SSSR count). The van der Waals surface area contributed by atoms with Crippen molar-refractivity contribution in [1.29, 1.82) is 0 Å². The predicted molar refractivity (Wildman–Crippen MR) is 109 cm³/mol. The number of aromatic hydroxyl groups is 1. The smallest absolute Gasteiger partial charge is 0.311 e. The molecule has 3 aromatic rings. The van der Waals surface area contributed by atoms with Gasteiger partial charge in [0.25, 0.3) is 0 Å². The van der Waals surface area contributed by atoms with E-state index in [4.69, 9.17) is 13.9 Å². The number of phenols is 1. The first-order valence-corrected chi connectivity index (χ1v) is 9.55. The summed E-state index contributed by atoms with van der Waals surface area (Å²) in [5.74, 6) is 0.531. The molecule has 0 aliphatic carbocycles. The Hall–Kier alpha value is -3.28. The van der Waals surface area contributed by atoms with Crippen LogP contribution in [0.25, 0.3) is 22.1 Å². The summed E-state index contributed by atoms with van der Waals surface area (Å²) >= 11 is 0. The van der Waals surface area contributed by atoms with Crippen LogP contribution in [-0.4, -0.2) is 18.2 Å². The van der Waals surface area contributed by atoms with E-state index in [1.54, 1.807) is 31.4 Å². The molecule has 1 aliphatic rings. The van der Waals surface area contributed by atoms with Gasteiger partial charge >= 0.3 is 5.97 Å². The molecule has 1 N–H and O–H groups in total. The van der Waals surface area contributed by atoms with Gasteiger partial charge in [0.15, 0.2) is 0 Å². The van der Waals surface area contributed by atoms with Crippen molar-refractivity contribution in [1.82, 2.24) is 0 Å². The van der Waals surface area contributed by atoms with Gasteiger partial charge < -0.3 is 19.0 Å². The van der Waals surface area contributed by atoms with Gasteiger partial charge in [-0.25, -0.2) is 0 Å². The van der Waals surface area contributed by atoms with Crippen molar-refractivity contribution in [2.24, 2.45) is 5.92 Å². The quantitative estimate of drug-likeness (QED) is 0.514. The maximum Gasteiger partial charge on any atom is 0.311 e. The second-order valence-corrected chi connectivity index (χ2v) is 7.72. The number of hydrogen-bond acceptors (Lipinski definition) is 6. The van der Waals surface area contributed by atoms with Crippen molar-refractivity contribution >= 4 is 16.9 Å². The number of fused-ring (bicyclic) bond motifs is 3. The first-order chi connectivity index (χ1) is 13.9. The Labute approximate surface area is 167 Å². The minimum absolute atomic E-state index is 0.101. The molecule has 0 saturated heterocycles. The van der Waals surface area contributed by atoms with Crippen LogP contribution in [0.3, 0.4) is 0 Å². The molecule has 1 unspecified atom stereocenters. The zero-order chi connectivity index (χ0) is 20.7. The van der Waals surface area contributed by atoms with Crippen LogP contribution in [0.5, 0.6) is 17.2 Å². The van der Waals surface area contributed by atoms with Gasteiger partial charge in [-0.05, 0) is 30.0 Å². The summed E-state index contributed by atoms with van der Waals surface area (Å²) in [6.07, 6.45) is 2.36. The maximum absolute atomic E-state index is 13.2. The van der Waals surface area contributed by atoms with E-state index >= 15 is 0 Å². The molecule has 1 aliphatic heterocycles. The minimum Gasteiger partial charge on any atom is -0.507 e. The molecule has 0 spiro atoms. The molecular formula is C23H22O6. The standard InChI is InChI=1S/C23H22O6/c1-12(2)8-14-9-19(25)29-18-10-17(24)21-22(26)16(11-28-23(21)20(14)18)13-4-6-15(27-3)7-5-13/h4-7,10-12,14,24H,8-9H2,1-3H3. The molecule has 0 radical (unpaired) electrons. The normalized spacial score (nSPS) is 16.0. The number of phenolic OH excluding ortho intramolecular Hbond substituents is 1. The van der Waals surface area contributed by atoms with Gasteiger partial charge in [-0.1, -0.05) is 26.0 Å². The highest BCUT2D eigenvalue weighted by Gasteiger charge is 2.32. The van der Waals surface area contributed by atoms with Gasteiger partial charge in [-0.2, -0.15) is 0 Å². The van der Waals surface area contributed by atoms with Gasteiger partial charge in [0, 0.05) is 17.5 Å². The van der Waals surface area contributed by atoms with E-state index in [2.05, 4.69) is 13.8 Å². The van der Waals surface area contributed by atoms with Crippen LogP contribution >= 0.6 is 0 Å². The van der Waals surface area contributed by atoms with E-state index in [9.17, 15) is 14.7 Å². The van der Waals surface area contributed by atoms with Crippen molar-refractivity contribution < 1.29 is 23.8 Å². The Morgan fingerprint density at radius 1 is 1.21 bits per heavy atom. The number of benzene rings is 2. The van der Waals surface area contributed by atoms with E-state index in [1.807, 2.05) is 0 Å². The van der Waals surface area contributed by atoms with Crippen LogP contribution in [0.2, 0.25) is 0 Å². The molecule has 1 aromatic heterocycles. The summed E-state index contributed by atoms with van der Waals surface area (Å²) in [4.78, 5) is 25.2. The summed E-state index contributed by atoms with van der Waals surface area (Å²) in [7, 11) is 1.57. The lowest BCUT2D eigenvalue weighted by molar-refractivity contribution is -0.136. The fraction of sp³-hybridized carbons (Fsp3) is 0.304. The Balaban J connectivity index is 1.93. The van der Waals surface area contributed by atoms with Crippen LogP contribution in [0, 0.1) is 5.92 Å². The molecular weight excluding hydrogens is 372 g/mol. The first kappa shape index (κ1) is 19.1. The van der Waals surface area contributed by atoms with E-state index < -0.39 is 0 Å². The molecule has 29 heavy (non-hydrogen) atoms. The van der Waals surface area contributed by atoms with Gasteiger partial charge in [0.2, 0.25) is 5.43 Å². The second-order valence-electron chi connectivity index (χ2n) is 7.72. The number of carbonyl (C=O) groups excluding carboxylic acids is 1. The Morgan fingerprint density at radius 3 is 2.59 bits per heavy atom. The van der Waals surface area contributed by atoms with E-state index in [0.717, 1.165) is 6.42 Å². The lowest BCUT2D eigenvalue weighted by atomic mass is 9.84. The van der Waals surface area contributed by atoms with Gasteiger partial charge in [-0.3, -0.25) is 9.59 Å². The average Bonchev–Trinajstić information content (AvgIpc) is 2.67. The first-order valence-electron chi connectivity index (χ1n) is 9.55. The SMILES string of the molecule is COc1ccc(-c2coc3c4c(cc(O)c3c2=O)OC(=O)CC4CC(C)C)cc1. The lowest BCUT2D eigenvalue weighted by Gasteiger charge is -2.26. The summed E-state index contributed by atoms with van der Waals surface area (Å²) in [6.45, 7) is 4.14. The number of hydrogen-bond donors (Lipinski definition) is 1. The van der Waals surface area contributed by atoms with Crippen molar-refractivity contribution in [3.05, 3.63) is 52.4 Å². The predicted octanol–water partition coefficient (Wildman–Crippen LogP) is 4.61. The largest absolute Gasteiger partial charge is 0.507 e. The second kappa shape index (κ2) is 7.28. The monoisotopic (exact) mass is 394 g/mol. The summed E-state index contributed by atoms with van der Waals surface area (Å²) in [5, 5.41) is 10.6. The maximum atomic E-state index is 13.2. The molecule has 0 bridgehead atoms. The van der Waals surface area contributed by atoms with Crippen LogP contribution in [0.4, 0.5) is 0 Å². The van der Waals surface area contributed by atoms with E-state index in [1.165, 1.54) is 12.3 Å².